The van der Waals surface area contributed by atoms with Crippen LogP contribution in [0.2, 0.25) is 0 Å². The summed E-state index contributed by atoms with van der Waals surface area (Å²) in [4.78, 5) is 11.2. The second-order valence-corrected chi connectivity index (χ2v) is 5.70. The minimum atomic E-state index is -1.05. The molecule has 0 spiro atoms. The number of hydrogen-bond acceptors (Lipinski definition) is 4. The number of carbonyl (C=O) groups is 1. The van der Waals surface area contributed by atoms with Crippen molar-refractivity contribution < 1.29 is 24.1 Å². The average molecular weight is 334 g/mol. The van der Waals surface area contributed by atoms with E-state index in [1.807, 2.05) is 13.0 Å². The number of hydrogen-bond donors (Lipinski definition) is 1. The third-order valence-corrected chi connectivity index (χ3v) is 3.45. The molecule has 132 valence electrons. The van der Waals surface area contributed by atoms with Gasteiger partial charge >= 0.3 is 5.97 Å². The van der Waals surface area contributed by atoms with E-state index < -0.39 is 5.97 Å². The molecule has 1 N–H and O–H groups in total. The van der Waals surface area contributed by atoms with Gasteiger partial charge in [-0.2, -0.15) is 0 Å². The molecule has 0 aliphatic heterocycles. The van der Waals surface area contributed by atoms with E-state index in [0.29, 0.717) is 23.9 Å². The highest BCUT2D eigenvalue weighted by Crippen LogP contribution is 2.38. The molecule has 0 bridgehead atoms. The lowest BCUT2D eigenvalue weighted by Gasteiger charge is -2.14. The van der Waals surface area contributed by atoms with Crippen molar-refractivity contribution in [1.82, 2.24) is 0 Å². The van der Waals surface area contributed by atoms with Gasteiger partial charge in [0, 0.05) is 0 Å². The summed E-state index contributed by atoms with van der Waals surface area (Å²) in [5.74, 6) is 0.0200. The number of allylic oxidation sites excluding steroid dienone is 3. The summed E-state index contributed by atoms with van der Waals surface area (Å²) in [6.45, 7) is 6.55. The zero-order valence-electron chi connectivity index (χ0n) is 15.0. The van der Waals surface area contributed by atoms with Crippen LogP contribution < -0.4 is 14.2 Å². The molecule has 0 fully saturated rings. The normalized spacial score (nSPS) is 11.0. The number of carboxylic acid groups (broad SMARTS) is 1. The molecule has 1 rings (SSSR count). The molecule has 0 aromatic heterocycles. The Morgan fingerprint density at radius 3 is 2.29 bits per heavy atom. The van der Waals surface area contributed by atoms with Crippen LogP contribution in [0.5, 0.6) is 17.2 Å². The Morgan fingerprint density at radius 1 is 1.08 bits per heavy atom. The van der Waals surface area contributed by atoms with Crippen LogP contribution in [0.3, 0.4) is 0 Å². The summed E-state index contributed by atoms with van der Waals surface area (Å²) in [5.41, 5.74) is 2.61. The topological polar surface area (TPSA) is 65.0 Å². The Hall–Kier alpha value is -2.43. The second-order valence-electron chi connectivity index (χ2n) is 5.70. The Morgan fingerprint density at radius 2 is 1.75 bits per heavy atom. The SMILES string of the molecule is COc1cc(C(=O)O)cc(OCC=C(C)CCC=C(C)C)c1OC. The van der Waals surface area contributed by atoms with Crippen LogP contribution in [0, 0.1) is 0 Å². The molecule has 0 saturated heterocycles. The van der Waals surface area contributed by atoms with E-state index in [9.17, 15) is 9.90 Å². The first kappa shape index (κ1) is 19.6. The van der Waals surface area contributed by atoms with Crippen molar-refractivity contribution in [1.29, 1.82) is 0 Å². The fraction of sp³-hybridized carbons (Fsp3) is 0.421. The van der Waals surface area contributed by atoms with Crippen LogP contribution in [0.15, 0.2) is 35.4 Å². The molecule has 0 radical (unpaired) electrons. The maximum Gasteiger partial charge on any atom is 0.335 e. The van der Waals surface area contributed by atoms with Crippen LogP contribution in [-0.4, -0.2) is 31.9 Å². The predicted molar refractivity (Wildman–Crippen MR) is 94.4 cm³/mol. The zero-order chi connectivity index (χ0) is 18.1. The first-order valence-electron chi connectivity index (χ1n) is 7.80. The Labute approximate surface area is 143 Å². The quantitative estimate of drug-likeness (QED) is 0.675. The van der Waals surface area contributed by atoms with Gasteiger partial charge in [0.25, 0.3) is 0 Å². The minimum Gasteiger partial charge on any atom is -0.493 e. The van der Waals surface area contributed by atoms with Crippen LogP contribution in [0.4, 0.5) is 0 Å². The van der Waals surface area contributed by atoms with Crippen molar-refractivity contribution in [3.8, 4) is 17.2 Å². The summed E-state index contributed by atoms with van der Waals surface area (Å²) in [5, 5.41) is 9.18. The highest BCUT2D eigenvalue weighted by atomic mass is 16.5. The van der Waals surface area contributed by atoms with E-state index in [0.717, 1.165) is 12.8 Å². The molecular weight excluding hydrogens is 308 g/mol. The lowest BCUT2D eigenvalue weighted by molar-refractivity contribution is 0.0696. The van der Waals surface area contributed by atoms with Gasteiger partial charge in [0.15, 0.2) is 11.5 Å². The lowest BCUT2D eigenvalue weighted by Crippen LogP contribution is -2.03. The third kappa shape index (κ3) is 5.99. The monoisotopic (exact) mass is 334 g/mol. The zero-order valence-corrected chi connectivity index (χ0v) is 15.0. The van der Waals surface area contributed by atoms with Gasteiger partial charge in [-0.3, -0.25) is 0 Å². The molecule has 0 heterocycles. The maximum atomic E-state index is 11.2. The van der Waals surface area contributed by atoms with Gasteiger partial charge in [-0.1, -0.05) is 17.2 Å². The van der Waals surface area contributed by atoms with Crippen LogP contribution in [-0.2, 0) is 0 Å². The summed E-state index contributed by atoms with van der Waals surface area (Å²) in [6.07, 6.45) is 6.14. The van der Waals surface area contributed by atoms with Crippen molar-refractivity contribution >= 4 is 5.97 Å². The largest absolute Gasteiger partial charge is 0.493 e. The third-order valence-electron chi connectivity index (χ3n) is 3.45. The molecule has 5 heteroatoms. The molecule has 0 atom stereocenters. The summed E-state index contributed by atoms with van der Waals surface area (Å²) >= 11 is 0. The summed E-state index contributed by atoms with van der Waals surface area (Å²) in [7, 11) is 2.95. The second kappa shape index (κ2) is 9.65. The van der Waals surface area contributed by atoms with Gasteiger partial charge in [0.2, 0.25) is 5.75 Å². The molecular formula is C19H26O5. The molecule has 1 aromatic carbocycles. The first-order chi connectivity index (χ1) is 11.4. The fourth-order valence-electron chi connectivity index (χ4n) is 2.12. The molecule has 0 aliphatic carbocycles. The smallest absolute Gasteiger partial charge is 0.335 e. The van der Waals surface area contributed by atoms with Crippen molar-refractivity contribution in [3.05, 3.63) is 41.0 Å². The van der Waals surface area contributed by atoms with Crippen LogP contribution >= 0.6 is 0 Å². The fourth-order valence-corrected chi connectivity index (χ4v) is 2.12. The van der Waals surface area contributed by atoms with E-state index in [2.05, 4.69) is 19.9 Å². The van der Waals surface area contributed by atoms with Gasteiger partial charge in [-0.15, -0.1) is 0 Å². The van der Waals surface area contributed by atoms with Crippen molar-refractivity contribution in [3.63, 3.8) is 0 Å². The molecule has 0 aliphatic rings. The van der Waals surface area contributed by atoms with Gasteiger partial charge < -0.3 is 19.3 Å². The Kier molecular flexibility index (Phi) is 7.89. The Balaban J connectivity index is 2.84. The van der Waals surface area contributed by atoms with E-state index in [-0.39, 0.29) is 5.56 Å². The highest BCUT2D eigenvalue weighted by Gasteiger charge is 2.16. The van der Waals surface area contributed by atoms with Gasteiger partial charge in [-0.25, -0.2) is 4.79 Å². The summed E-state index contributed by atoms with van der Waals surface area (Å²) < 4.78 is 16.2. The van der Waals surface area contributed by atoms with Gasteiger partial charge in [0.1, 0.15) is 6.61 Å². The molecule has 0 amide bonds. The van der Waals surface area contributed by atoms with E-state index in [1.165, 1.54) is 37.5 Å². The number of benzene rings is 1. The average Bonchev–Trinajstić information content (AvgIpc) is 2.53. The van der Waals surface area contributed by atoms with Crippen LogP contribution in [0.1, 0.15) is 44.0 Å². The molecule has 5 nitrogen and oxygen atoms in total. The number of carboxylic acids is 1. The van der Waals surface area contributed by atoms with E-state index in [1.54, 1.807) is 0 Å². The van der Waals surface area contributed by atoms with Gasteiger partial charge in [-0.05, 0) is 51.8 Å². The number of ether oxygens (including phenoxy) is 3. The predicted octanol–water partition coefficient (Wildman–Crippen LogP) is 4.47. The van der Waals surface area contributed by atoms with E-state index >= 15 is 0 Å². The van der Waals surface area contributed by atoms with Crippen molar-refractivity contribution in [2.75, 3.05) is 20.8 Å². The number of rotatable bonds is 9. The summed E-state index contributed by atoms with van der Waals surface area (Å²) in [6, 6.07) is 2.85. The Bertz CT molecular complexity index is 625. The lowest BCUT2D eigenvalue weighted by atomic mass is 10.1. The first-order valence-corrected chi connectivity index (χ1v) is 7.80. The molecule has 1 aromatic rings. The number of methoxy groups -OCH3 is 2. The number of aromatic carboxylic acids is 1. The van der Waals surface area contributed by atoms with Crippen LogP contribution in [0.25, 0.3) is 0 Å². The standard InChI is InChI=1S/C19H26O5/c1-13(2)7-6-8-14(3)9-10-24-17-12-15(19(20)21)11-16(22-4)18(17)23-5/h7,9,11-12H,6,8,10H2,1-5H3,(H,20,21). The minimum absolute atomic E-state index is 0.0897. The van der Waals surface area contributed by atoms with Crippen molar-refractivity contribution in [2.24, 2.45) is 0 Å². The highest BCUT2D eigenvalue weighted by molar-refractivity contribution is 5.89. The van der Waals surface area contributed by atoms with Crippen molar-refractivity contribution in [2.45, 2.75) is 33.6 Å². The molecule has 24 heavy (non-hydrogen) atoms. The maximum absolute atomic E-state index is 11.2. The molecule has 0 saturated carbocycles. The van der Waals surface area contributed by atoms with Gasteiger partial charge in [0.05, 0.1) is 19.8 Å². The van der Waals surface area contributed by atoms with E-state index in [4.69, 9.17) is 14.2 Å². The molecule has 0 unspecified atom stereocenters.